The standard InChI is InChI=1S/C24H24N8O2/c33-23(8-10-32-17-28-19-6-2-1-5-18(19)24(32)34)31-13-11-30(12-14-31)22-15-21(26-16-27-22)29-20-7-3-4-9-25-20/h1-7,9,15-17H,8,10-14H2,(H,25,26,27,29). The van der Waals surface area contributed by atoms with Gasteiger partial charge in [-0.05, 0) is 24.3 Å². The second-order valence-electron chi connectivity index (χ2n) is 7.98. The lowest BCUT2D eigenvalue weighted by molar-refractivity contribution is -0.131. The van der Waals surface area contributed by atoms with Gasteiger partial charge in [0.2, 0.25) is 5.91 Å². The Morgan fingerprint density at radius 1 is 0.912 bits per heavy atom. The molecule has 0 unspecified atom stereocenters. The van der Waals surface area contributed by atoms with Crippen LogP contribution in [0.4, 0.5) is 17.5 Å². The molecule has 10 heteroatoms. The molecule has 1 amide bonds. The highest BCUT2D eigenvalue weighted by Crippen LogP contribution is 2.19. The number of hydrogen-bond acceptors (Lipinski definition) is 8. The number of benzene rings is 1. The Morgan fingerprint density at radius 3 is 2.56 bits per heavy atom. The van der Waals surface area contributed by atoms with E-state index in [9.17, 15) is 9.59 Å². The zero-order valence-electron chi connectivity index (χ0n) is 18.5. The molecule has 3 aromatic heterocycles. The van der Waals surface area contributed by atoms with Gasteiger partial charge < -0.3 is 15.1 Å². The molecule has 5 rings (SSSR count). The van der Waals surface area contributed by atoms with Crippen molar-refractivity contribution in [3.05, 3.63) is 77.7 Å². The number of carbonyl (C=O) groups is 1. The number of anilines is 3. The Bertz CT molecular complexity index is 1350. The molecule has 0 aliphatic carbocycles. The molecular weight excluding hydrogens is 432 g/mol. The monoisotopic (exact) mass is 456 g/mol. The van der Waals surface area contributed by atoms with Gasteiger partial charge in [-0.15, -0.1) is 0 Å². The molecule has 1 saturated heterocycles. The molecule has 172 valence electrons. The molecule has 1 N–H and O–H groups in total. The quantitative estimate of drug-likeness (QED) is 0.470. The summed E-state index contributed by atoms with van der Waals surface area (Å²) < 4.78 is 1.51. The second-order valence-corrected chi connectivity index (χ2v) is 7.98. The third-order valence-electron chi connectivity index (χ3n) is 5.83. The first kappa shape index (κ1) is 21.5. The molecule has 1 aliphatic heterocycles. The summed E-state index contributed by atoms with van der Waals surface area (Å²) in [5.41, 5.74) is 0.538. The molecule has 4 aromatic rings. The van der Waals surface area contributed by atoms with Gasteiger partial charge in [0.1, 0.15) is 23.8 Å². The van der Waals surface area contributed by atoms with Crippen LogP contribution in [0.15, 0.2) is 72.2 Å². The number of piperazine rings is 1. The van der Waals surface area contributed by atoms with Gasteiger partial charge in [-0.25, -0.2) is 19.9 Å². The number of nitrogens with zero attached hydrogens (tertiary/aromatic N) is 7. The van der Waals surface area contributed by atoms with Crippen LogP contribution in [0.2, 0.25) is 0 Å². The smallest absolute Gasteiger partial charge is 0.261 e. The van der Waals surface area contributed by atoms with Crippen LogP contribution in [0.25, 0.3) is 10.9 Å². The highest BCUT2D eigenvalue weighted by Gasteiger charge is 2.22. The molecule has 0 bridgehead atoms. The molecule has 10 nitrogen and oxygen atoms in total. The van der Waals surface area contributed by atoms with Crippen LogP contribution < -0.4 is 15.8 Å². The van der Waals surface area contributed by atoms with Crippen molar-refractivity contribution < 1.29 is 4.79 Å². The van der Waals surface area contributed by atoms with Gasteiger partial charge in [-0.1, -0.05) is 18.2 Å². The summed E-state index contributed by atoms with van der Waals surface area (Å²) in [4.78, 5) is 46.6. The van der Waals surface area contributed by atoms with Gasteiger partial charge >= 0.3 is 0 Å². The Morgan fingerprint density at radius 2 is 1.74 bits per heavy atom. The topological polar surface area (TPSA) is 109 Å². The molecule has 34 heavy (non-hydrogen) atoms. The molecule has 0 spiro atoms. The van der Waals surface area contributed by atoms with Crippen molar-refractivity contribution in [3.8, 4) is 0 Å². The Balaban J connectivity index is 1.16. The van der Waals surface area contributed by atoms with E-state index < -0.39 is 0 Å². The minimum atomic E-state index is -0.123. The molecule has 0 radical (unpaired) electrons. The van der Waals surface area contributed by atoms with E-state index in [4.69, 9.17) is 0 Å². The average molecular weight is 457 g/mol. The minimum absolute atomic E-state index is 0.0277. The summed E-state index contributed by atoms with van der Waals surface area (Å²) in [6.07, 6.45) is 5.01. The third-order valence-corrected chi connectivity index (χ3v) is 5.83. The first-order valence-electron chi connectivity index (χ1n) is 11.1. The average Bonchev–Trinajstić information content (AvgIpc) is 2.89. The van der Waals surface area contributed by atoms with E-state index in [0.29, 0.717) is 55.3 Å². The summed E-state index contributed by atoms with van der Waals surface area (Å²) in [6, 6.07) is 14.7. The van der Waals surface area contributed by atoms with Crippen LogP contribution in [0.3, 0.4) is 0 Å². The maximum absolute atomic E-state index is 12.8. The fraction of sp³-hybridized carbons (Fsp3) is 0.250. The minimum Gasteiger partial charge on any atom is -0.353 e. The van der Waals surface area contributed by atoms with Crippen LogP contribution in [0.1, 0.15) is 6.42 Å². The van der Waals surface area contributed by atoms with Crippen LogP contribution in [-0.2, 0) is 11.3 Å². The van der Waals surface area contributed by atoms with Crippen molar-refractivity contribution in [2.45, 2.75) is 13.0 Å². The summed E-state index contributed by atoms with van der Waals surface area (Å²) in [5.74, 6) is 2.20. The first-order valence-corrected chi connectivity index (χ1v) is 11.1. The van der Waals surface area contributed by atoms with Crippen molar-refractivity contribution in [1.82, 2.24) is 29.4 Å². The van der Waals surface area contributed by atoms with Crippen LogP contribution in [-0.4, -0.2) is 61.5 Å². The van der Waals surface area contributed by atoms with Crippen molar-refractivity contribution >= 4 is 34.3 Å². The number of para-hydroxylation sites is 1. The number of nitrogens with one attached hydrogen (secondary N) is 1. The number of amides is 1. The van der Waals surface area contributed by atoms with Crippen LogP contribution >= 0.6 is 0 Å². The summed E-state index contributed by atoms with van der Waals surface area (Å²) in [6.45, 7) is 2.84. The third kappa shape index (κ3) is 4.70. The van der Waals surface area contributed by atoms with E-state index in [2.05, 4.69) is 30.2 Å². The normalized spacial score (nSPS) is 13.8. The first-order chi connectivity index (χ1) is 16.7. The zero-order valence-corrected chi connectivity index (χ0v) is 18.5. The Kier molecular flexibility index (Phi) is 6.11. The van der Waals surface area contributed by atoms with Gasteiger partial charge in [-0.3, -0.25) is 14.2 Å². The fourth-order valence-corrected chi connectivity index (χ4v) is 3.98. The van der Waals surface area contributed by atoms with Gasteiger partial charge in [0.25, 0.3) is 5.56 Å². The fourth-order valence-electron chi connectivity index (χ4n) is 3.98. The van der Waals surface area contributed by atoms with E-state index in [1.54, 1.807) is 18.3 Å². The van der Waals surface area contributed by atoms with E-state index in [-0.39, 0.29) is 17.9 Å². The molecule has 1 aliphatic rings. The molecule has 1 aromatic carbocycles. The van der Waals surface area contributed by atoms with Crippen molar-refractivity contribution in [3.63, 3.8) is 0 Å². The SMILES string of the molecule is O=C(CCn1cnc2ccccc2c1=O)N1CCN(c2cc(Nc3ccccn3)ncn2)CC1. The largest absolute Gasteiger partial charge is 0.353 e. The number of pyridine rings is 1. The van der Waals surface area contributed by atoms with Gasteiger partial charge in [0, 0.05) is 51.4 Å². The number of aromatic nitrogens is 5. The predicted octanol–water partition coefficient (Wildman–Crippen LogP) is 2.06. The lowest BCUT2D eigenvalue weighted by Crippen LogP contribution is -2.49. The van der Waals surface area contributed by atoms with Crippen molar-refractivity contribution in [1.29, 1.82) is 0 Å². The number of aryl methyl sites for hydroxylation is 1. The van der Waals surface area contributed by atoms with Gasteiger partial charge in [0.05, 0.1) is 17.2 Å². The van der Waals surface area contributed by atoms with Crippen molar-refractivity contribution in [2.24, 2.45) is 0 Å². The van der Waals surface area contributed by atoms with E-state index >= 15 is 0 Å². The number of fused-ring (bicyclic) bond motifs is 1. The van der Waals surface area contributed by atoms with Gasteiger partial charge in [0.15, 0.2) is 0 Å². The van der Waals surface area contributed by atoms with Crippen molar-refractivity contribution in [2.75, 3.05) is 36.4 Å². The number of rotatable bonds is 6. The second kappa shape index (κ2) is 9.65. The molecule has 1 fully saturated rings. The lowest BCUT2D eigenvalue weighted by Gasteiger charge is -2.35. The predicted molar refractivity (Wildman–Crippen MR) is 129 cm³/mol. The summed E-state index contributed by atoms with van der Waals surface area (Å²) in [5, 5.41) is 3.73. The number of carbonyl (C=O) groups excluding carboxylic acids is 1. The number of hydrogen-bond donors (Lipinski definition) is 1. The molecular formula is C24H24N8O2. The Hall–Kier alpha value is -4.34. The van der Waals surface area contributed by atoms with E-state index in [1.165, 1.54) is 17.2 Å². The zero-order chi connectivity index (χ0) is 23.3. The summed E-state index contributed by atoms with van der Waals surface area (Å²) >= 11 is 0. The molecule has 4 heterocycles. The highest BCUT2D eigenvalue weighted by atomic mass is 16.2. The van der Waals surface area contributed by atoms with E-state index in [0.717, 1.165) is 5.82 Å². The molecule has 0 atom stereocenters. The molecule has 0 saturated carbocycles. The van der Waals surface area contributed by atoms with Crippen LogP contribution in [0, 0.1) is 0 Å². The Labute approximate surface area is 195 Å². The van der Waals surface area contributed by atoms with E-state index in [1.807, 2.05) is 41.3 Å². The summed E-state index contributed by atoms with van der Waals surface area (Å²) in [7, 11) is 0. The van der Waals surface area contributed by atoms with Crippen LogP contribution in [0.5, 0.6) is 0 Å². The van der Waals surface area contributed by atoms with Gasteiger partial charge in [-0.2, -0.15) is 0 Å². The lowest BCUT2D eigenvalue weighted by atomic mass is 10.2. The maximum atomic E-state index is 12.8. The maximum Gasteiger partial charge on any atom is 0.261 e. The highest BCUT2D eigenvalue weighted by molar-refractivity contribution is 5.78.